The standard InChI is InChI=1S/C25H23ClFN3O3/c1-14-22-24(29-33-14)23-19(26)9-4-10-20(23)30(25(22)32)18-8-2-5-15(11-18)12-21(31)28-17-7-3-6-16(27)13-17/h3-4,6-7,9-10,13,15,18H,2,5,8,11-12H2,1H3,(H,28,31)/t15-,18+/m1/s1. The van der Waals surface area contributed by atoms with E-state index in [1.54, 1.807) is 25.1 Å². The first-order chi connectivity index (χ1) is 15.9. The predicted octanol–water partition coefficient (Wildman–Crippen LogP) is 6.00. The predicted molar refractivity (Wildman–Crippen MR) is 126 cm³/mol. The summed E-state index contributed by atoms with van der Waals surface area (Å²) in [7, 11) is 0. The number of pyridine rings is 1. The molecular weight excluding hydrogens is 445 g/mol. The molecule has 2 heterocycles. The van der Waals surface area contributed by atoms with Gasteiger partial charge in [0.15, 0.2) is 0 Å². The van der Waals surface area contributed by atoms with Crippen LogP contribution in [-0.2, 0) is 4.79 Å². The monoisotopic (exact) mass is 467 g/mol. The first-order valence-electron chi connectivity index (χ1n) is 11.1. The van der Waals surface area contributed by atoms with Crippen molar-refractivity contribution in [3.8, 4) is 0 Å². The minimum atomic E-state index is -0.394. The maximum Gasteiger partial charge on any atom is 0.264 e. The number of fused-ring (bicyclic) bond motifs is 3. The average molecular weight is 468 g/mol. The summed E-state index contributed by atoms with van der Waals surface area (Å²) in [6, 6.07) is 11.3. The molecule has 33 heavy (non-hydrogen) atoms. The van der Waals surface area contributed by atoms with Gasteiger partial charge in [0, 0.05) is 23.5 Å². The molecule has 2 aromatic carbocycles. The number of benzene rings is 2. The van der Waals surface area contributed by atoms with Gasteiger partial charge in [0.05, 0.1) is 10.5 Å². The van der Waals surface area contributed by atoms with Crippen LogP contribution in [0.2, 0.25) is 5.02 Å². The number of hydrogen-bond acceptors (Lipinski definition) is 4. The average Bonchev–Trinajstić information content (AvgIpc) is 3.16. The second kappa shape index (κ2) is 8.63. The van der Waals surface area contributed by atoms with Crippen LogP contribution in [0.3, 0.4) is 0 Å². The highest BCUT2D eigenvalue weighted by molar-refractivity contribution is 6.37. The summed E-state index contributed by atoms with van der Waals surface area (Å²) in [4.78, 5) is 26.1. The molecule has 1 amide bonds. The molecule has 0 bridgehead atoms. The van der Waals surface area contributed by atoms with Crippen LogP contribution in [0.25, 0.3) is 21.8 Å². The van der Waals surface area contributed by atoms with Crippen LogP contribution in [0, 0.1) is 18.7 Å². The fraction of sp³-hybridized carbons (Fsp3) is 0.320. The number of carbonyl (C=O) groups excluding carboxylic acids is 1. The van der Waals surface area contributed by atoms with Crippen molar-refractivity contribution >= 4 is 45.0 Å². The Kier molecular flexibility index (Phi) is 5.66. The lowest BCUT2D eigenvalue weighted by Gasteiger charge is -2.31. The topological polar surface area (TPSA) is 77.1 Å². The first kappa shape index (κ1) is 21.6. The Morgan fingerprint density at radius 2 is 2.06 bits per heavy atom. The molecule has 4 aromatic rings. The van der Waals surface area contributed by atoms with Crippen molar-refractivity contribution in [3.05, 3.63) is 69.4 Å². The Balaban J connectivity index is 1.46. The number of rotatable bonds is 4. The molecule has 0 saturated heterocycles. The molecule has 8 heteroatoms. The first-order valence-corrected chi connectivity index (χ1v) is 11.4. The van der Waals surface area contributed by atoms with Gasteiger partial charge >= 0.3 is 0 Å². The van der Waals surface area contributed by atoms with Gasteiger partial charge in [-0.25, -0.2) is 4.39 Å². The van der Waals surface area contributed by atoms with Gasteiger partial charge in [-0.3, -0.25) is 9.59 Å². The van der Waals surface area contributed by atoms with E-state index < -0.39 is 5.82 Å². The molecule has 0 radical (unpaired) electrons. The molecule has 2 atom stereocenters. The number of amides is 1. The molecule has 1 N–H and O–H groups in total. The van der Waals surface area contributed by atoms with E-state index in [-0.39, 0.29) is 23.4 Å². The Morgan fingerprint density at radius 3 is 2.88 bits per heavy atom. The number of anilines is 1. The number of carbonyl (C=O) groups is 1. The quantitative estimate of drug-likeness (QED) is 0.399. The molecule has 0 unspecified atom stereocenters. The van der Waals surface area contributed by atoms with Crippen molar-refractivity contribution in [2.45, 2.75) is 45.1 Å². The summed E-state index contributed by atoms with van der Waals surface area (Å²) in [6.45, 7) is 1.73. The summed E-state index contributed by atoms with van der Waals surface area (Å²) in [5, 5.41) is 8.54. The summed E-state index contributed by atoms with van der Waals surface area (Å²) < 4.78 is 20.6. The lowest BCUT2D eigenvalue weighted by molar-refractivity contribution is -0.117. The molecule has 170 valence electrons. The van der Waals surface area contributed by atoms with Crippen LogP contribution >= 0.6 is 11.6 Å². The van der Waals surface area contributed by atoms with Gasteiger partial charge in [0.1, 0.15) is 22.5 Å². The third-order valence-corrected chi connectivity index (χ3v) is 6.80. The van der Waals surface area contributed by atoms with Gasteiger partial charge in [-0.1, -0.05) is 35.3 Å². The number of aryl methyl sites for hydroxylation is 1. The molecule has 2 aromatic heterocycles. The van der Waals surface area contributed by atoms with Gasteiger partial charge in [0.25, 0.3) is 5.56 Å². The molecule has 0 aliphatic heterocycles. The van der Waals surface area contributed by atoms with Crippen molar-refractivity contribution in [2.24, 2.45) is 5.92 Å². The Hall–Kier alpha value is -3.19. The molecule has 1 fully saturated rings. The van der Waals surface area contributed by atoms with Gasteiger partial charge in [-0.2, -0.15) is 0 Å². The lowest BCUT2D eigenvalue weighted by Crippen LogP contribution is -2.30. The summed E-state index contributed by atoms with van der Waals surface area (Å²) in [5.41, 5.74) is 1.50. The third kappa shape index (κ3) is 4.02. The summed E-state index contributed by atoms with van der Waals surface area (Å²) >= 11 is 6.52. The highest BCUT2D eigenvalue weighted by Gasteiger charge is 2.29. The zero-order chi connectivity index (χ0) is 23.1. The van der Waals surface area contributed by atoms with E-state index in [1.165, 1.54) is 12.1 Å². The van der Waals surface area contributed by atoms with E-state index in [4.69, 9.17) is 16.1 Å². The molecule has 5 rings (SSSR count). The van der Waals surface area contributed by atoms with Gasteiger partial charge in [0.2, 0.25) is 5.91 Å². The fourth-order valence-corrected chi connectivity index (χ4v) is 5.32. The number of halogens is 2. The van der Waals surface area contributed by atoms with E-state index >= 15 is 0 Å². The van der Waals surface area contributed by atoms with Crippen LogP contribution in [0.1, 0.15) is 43.9 Å². The summed E-state index contributed by atoms with van der Waals surface area (Å²) in [6.07, 6.45) is 3.63. The maximum absolute atomic E-state index is 13.5. The normalized spacial score (nSPS) is 18.6. The van der Waals surface area contributed by atoms with Gasteiger partial charge < -0.3 is 14.4 Å². The van der Waals surface area contributed by atoms with Crippen LogP contribution < -0.4 is 10.9 Å². The Morgan fingerprint density at radius 1 is 1.24 bits per heavy atom. The zero-order valence-corrected chi connectivity index (χ0v) is 18.9. The highest BCUT2D eigenvalue weighted by Crippen LogP contribution is 2.38. The van der Waals surface area contributed by atoms with E-state index in [0.29, 0.717) is 45.6 Å². The number of hydrogen-bond donors (Lipinski definition) is 1. The van der Waals surface area contributed by atoms with E-state index in [1.807, 2.05) is 16.7 Å². The second-order valence-electron chi connectivity index (χ2n) is 8.72. The van der Waals surface area contributed by atoms with Gasteiger partial charge in [-0.15, -0.1) is 0 Å². The molecule has 1 aliphatic carbocycles. The van der Waals surface area contributed by atoms with Gasteiger partial charge in [-0.05, 0) is 62.4 Å². The zero-order valence-electron chi connectivity index (χ0n) is 18.1. The van der Waals surface area contributed by atoms with Crippen molar-refractivity contribution in [2.75, 3.05) is 5.32 Å². The highest BCUT2D eigenvalue weighted by atomic mass is 35.5. The SMILES string of the molecule is Cc1onc2c1c(=O)n([C@H]1CCC[C@@H](CC(=O)Nc3cccc(F)c3)C1)c1cccc(Cl)c21. The van der Waals surface area contributed by atoms with Crippen LogP contribution in [0.4, 0.5) is 10.1 Å². The number of nitrogens with one attached hydrogen (secondary N) is 1. The minimum absolute atomic E-state index is 0.0714. The smallest absolute Gasteiger partial charge is 0.264 e. The maximum atomic E-state index is 13.5. The Bertz CT molecular complexity index is 1430. The van der Waals surface area contributed by atoms with E-state index in [2.05, 4.69) is 10.5 Å². The number of aromatic nitrogens is 2. The summed E-state index contributed by atoms with van der Waals surface area (Å²) in [5.74, 6) is 0.0248. The van der Waals surface area contributed by atoms with Crippen molar-refractivity contribution in [3.63, 3.8) is 0 Å². The number of nitrogens with zero attached hydrogens (tertiary/aromatic N) is 2. The molecule has 0 spiro atoms. The van der Waals surface area contributed by atoms with Crippen LogP contribution in [0.5, 0.6) is 0 Å². The molecule has 1 saturated carbocycles. The van der Waals surface area contributed by atoms with Crippen LogP contribution in [-0.4, -0.2) is 15.6 Å². The molecule has 1 aliphatic rings. The van der Waals surface area contributed by atoms with Crippen molar-refractivity contribution < 1.29 is 13.7 Å². The lowest BCUT2D eigenvalue weighted by atomic mass is 9.83. The van der Waals surface area contributed by atoms with E-state index in [0.717, 1.165) is 24.8 Å². The van der Waals surface area contributed by atoms with Crippen molar-refractivity contribution in [1.29, 1.82) is 0 Å². The van der Waals surface area contributed by atoms with Crippen LogP contribution in [0.15, 0.2) is 51.8 Å². The van der Waals surface area contributed by atoms with E-state index in [9.17, 15) is 14.0 Å². The second-order valence-corrected chi connectivity index (χ2v) is 9.13. The molecular formula is C25H23ClFN3O3. The van der Waals surface area contributed by atoms with Crippen molar-refractivity contribution in [1.82, 2.24) is 9.72 Å². The fourth-order valence-electron chi connectivity index (χ4n) is 5.06. The largest absolute Gasteiger partial charge is 0.360 e. The Labute approximate surface area is 194 Å². The minimum Gasteiger partial charge on any atom is -0.360 e. The third-order valence-electron chi connectivity index (χ3n) is 6.49. The molecule has 6 nitrogen and oxygen atoms in total.